The molecule has 2 aromatic carbocycles. The molecule has 15 heteroatoms. The summed E-state index contributed by atoms with van der Waals surface area (Å²) in [6.45, 7) is 1.31. The fourth-order valence-corrected chi connectivity index (χ4v) is 5.91. The smallest absolute Gasteiger partial charge is 0.459 e. The Kier molecular flexibility index (Phi) is 8.83. The van der Waals surface area contributed by atoms with E-state index in [4.69, 9.17) is 35.9 Å². The first-order chi connectivity index (χ1) is 19.7. The Morgan fingerprint density at radius 3 is 2.66 bits per heavy atom. The van der Waals surface area contributed by atoms with Gasteiger partial charge in [0.25, 0.3) is 0 Å². The third-order valence-corrected chi connectivity index (χ3v) is 8.00. The number of hydrogen-bond donors (Lipinski definition) is 3. The molecule has 41 heavy (non-hydrogen) atoms. The molecule has 5 rings (SSSR count). The zero-order chi connectivity index (χ0) is 29.0. The molecule has 0 aliphatic carbocycles. The number of imidazole rings is 1. The Morgan fingerprint density at radius 2 is 1.93 bits per heavy atom. The van der Waals surface area contributed by atoms with Gasteiger partial charge in [0.2, 0.25) is 5.28 Å². The van der Waals surface area contributed by atoms with Crippen LogP contribution in [0.1, 0.15) is 25.1 Å². The SMILES string of the molecule is C[C@H](NP(=O)(OC[C@@H]1C[C@H](O)[C@H](n2cnc3c(N)nc(Cl)nc32)O1)Oc1ccccc1)C(=O)OCc1ccccc1. The molecule has 1 aliphatic rings. The molecular weight excluding hydrogens is 575 g/mol. The molecule has 1 aliphatic heterocycles. The first-order valence-corrected chi connectivity index (χ1v) is 14.6. The summed E-state index contributed by atoms with van der Waals surface area (Å²) >= 11 is 5.95. The summed E-state index contributed by atoms with van der Waals surface area (Å²) in [5, 5.41) is 13.3. The van der Waals surface area contributed by atoms with Gasteiger partial charge in [-0.05, 0) is 36.2 Å². The van der Waals surface area contributed by atoms with E-state index < -0.39 is 38.2 Å². The van der Waals surface area contributed by atoms with E-state index in [2.05, 4.69) is 20.0 Å². The van der Waals surface area contributed by atoms with Crippen molar-refractivity contribution in [1.82, 2.24) is 24.6 Å². The molecule has 4 aromatic rings. The predicted molar refractivity (Wildman–Crippen MR) is 149 cm³/mol. The first kappa shape index (κ1) is 28.9. The number of nitrogen functional groups attached to an aromatic ring is 1. The Balaban J connectivity index is 1.26. The van der Waals surface area contributed by atoms with Crippen molar-refractivity contribution in [1.29, 1.82) is 0 Å². The number of carbonyl (C=O) groups is 1. The molecule has 0 bridgehead atoms. The lowest BCUT2D eigenvalue weighted by atomic mass is 10.2. The Bertz CT molecular complexity index is 1540. The van der Waals surface area contributed by atoms with Crippen molar-refractivity contribution >= 4 is 42.3 Å². The molecule has 5 atom stereocenters. The van der Waals surface area contributed by atoms with Crippen molar-refractivity contribution in [3.05, 3.63) is 77.8 Å². The molecule has 216 valence electrons. The number of benzene rings is 2. The zero-order valence-electron chi connectivity index (χ0n) is 21.9. The van der Waals surface area contributed by atoms with Crippen molar-refractivity contribution in [2.45, 2.75) is 44.4 Å². The molecular formula is C26H28ClN6O7P. The van der Waals surface area contributed by atoms with Crippen LogP contribution in [0.4, 0.5) is 5.82 Å². The second-order valence-electron chi connectivity index (χ2n) is 9.30. The maximum atomic E-state index is 13.8. The number of esters is 1. The van der Waals surface area contributed by atoms with Crippen LogP contribution in [-0.2, 0) is 30.0 Å². The average molecular weight is 603 g/mol. The van der Waals surface area contributed by atoms with Gasteiger partial charge in [-0.1, -0.05) is 48.5 Å². The Morgan fingerprint density at radius 1 is 1.22 bits per heavy atom. The number of rotatable bonds is 11. The maximum Gasteiger partial charge on any atom is 0.459 e. The summed E-state index contributed by atoms with van der Waals surface area (Å²) in [6.07, 6.45) is -1.02. The van der Waals surface area contributed by atoms with E-state index >= 15 is 0 Å². The van der Waals surface area contributed by atoms with E-state index in [1.165, 1.54) is 17.8 Å². The third kappa shape index (κ3) is 7.02. The van der Waals surface area contributed by atoms with Gasteiger partial charge in [0.15, 0.2) is 17.7 Å². The largest absolute Gasteiger partial charge is 0.460 e. The number of fused-ring (bicyclic) bond motifs is 1. The molecule has 0 radical (unpaired) electrons. The summed E-state index contributed by atoms with van der Waals surface area (Å²) in [4.78, 5) is 24.9. The van der Waals surface area contributed by atoms with Gasteiger partial charge in [-0.2, -0.15) is 15.1 Å². The van der Waals surface area contributed by atoms with Crippen LogP contribution in [0.5, 0.6) is 5.75 Å². The number of aliphatic hydroxyl groups is 1. The van der Waals surface area contributed by atoms with E-state index in [0.29, 0.717) is 5.52 Å². The van der Waals surface area contributed by atoms with Crippen molar-refractivity contribution in [2.24, 2.45) is 0 Å². The van der Waals surface area contributed by atoms with Crippen LogP contribution in [0.2, 0.25) is 5.28 Å². The van der Waals surface area contributed by atoms with Gasteiger partial charge < -0.3 is 24.8 Å². The number of anilines is 1. The molecule has 0 amide bonds. The normalized spacial score (nSPS) is 20.9. The fraction of sp³-hybridized carbons (Fsp3) is 0.308. The van der Waals surface area contributed by atoms with E-state index in [-0.39, 0.29) is 42.1 Å². The van der Waals surface area contributed by atoms with Crippen molar-refractivity contribution in [3.63, 3.8) is 0 Å². The minimum absolute atomic E-state index is 0.0519. The number of carbonyl (C=O) groups excluding carboxylic acids is 1. The lowest BCUT2D eigenvalue weighted by Crippen LogP contribution is -2.35. The van der Waals surface area contributed by atoms with Gasteiger partial charge in [-0.25, -0.2) is 9.55 Å². The van der Waals surface area contributed by atoms with Crippen LogP contribution in [-0.4, -0.2) is 55.5 Å². The molecule has 1 fully saturated rings. The van der Waals surface area contributed by atoms with Crippen LogP contribution < -0.4 is 15.3 Å². The van der Waals surface area contributed by atoms with Crippen molar-refractivity contribution < 1.29 is 33.0 Å². The summed E-state index contributed by atoms with van der Waals surface area (Å²) < 4.78 is 38.1. The molecule has 1 saturated heterocycles. The minimum Gasteiger partial charge on any atom is -0.460 e. The summed E-state index contributed by atoms with van der Waals surface area (Å²) in [7, 11) is -4.14. The monoisotopic (exact) mass is 602 g/mol. The average Bonchev–Trinajstić information content (AvgIpc) is 3.54. The van der Waals surface area contributed by atoms with Gasteiger partial charge >= 0.3 is 13.7 Å². The van der Waals surface area contributed by atoms with E-state index in [1.807, 2.05) is 30.3 Å². The Hall–Kier alpha value is -3.58. The van der Waals surface area contributed by atoms with E-state index in [1.54, 1.807) is 30.3 Å². The standard InChI is InChI=1S/C26H28ClN6O7P/c1-16(25(35)37-13-17-8-4-2-5-9-17)32-41(36,40-18-10-6-3-7-11-18)38-14-19-12-20(34)24(39-19)33-15-29-21-22(28)30-26(27)31-23(21)33/h2-11,15-16,19-20,24,34H,12-14H2,1H3,(H,32,36)(H2,28,30,31)/t16-,19-,20-,24+,41?/m0/s1. The lowest BCUT2D eigenvalue weighted by molar-refractivity contribution is -0.146. The van der Waals surface area contributed by atoms with E-state index in [0.717, 1.165) is 5.56 Å². The quantitative estimate of drug-likeness (QED) is 0.129. The van der Waals surface area contributed by atoms with E-state index in [9.17, 15) is 14.5 Å². The second-order valence-corrected chi connectivity index (χ2v) is 11.3. The minimum atomic E-state index is -4.14. The predicted octanol–water partition coefficient (Wildman–Crippen LogP) is 3.64. The Labute approximate surface area is 240 Å². The summed E-state index contributed by atoms with van der Waals surface area (Å²) in [5.74, 6) is -0.293. The molecule has 3 heterocycles. The fourth-order valence-electron chi connectivity index (χ4n) is 4.22. The number of para-hydroxylation sites is 1. The van der Waals surface area contributed by atoms with Crippen molar-refractivity contribution in [3.8, 4) is 5.75 Å². The molecule has 2 aromatic heterocycles. The maximum absolute atomic E-state index is 13.8. The number of aromatic nitrogens is 4. The van der Waals surface area contributed by atoms with Crippen LogP contribution >= 0.6 is 19.3 Å². The molecule has 4 N–H and O–H groups in total. The first-order valence-electron chi connectivity index (χ1n) is 12.7. The van der Waals surface area contributed by atoms with Gasteiger partial charge in [-0.3, -0.25) is 13.9 Å². The number of nitrogens with zero attached hydrogens (tertiary/aromatic N) is 4. The molecule has 13 nitrogen and oxygen atoms in total. The third-order valence-electron chi connectivity index (χ3n) is 6.19. The highest BCUT2D eigenvalue weighted by Crippen LogP contribution is 2.46. The van der Waals surface area contributed by atoms with Crippen LogP contribution in [0.25, 0.3) is 11.2 Å². The topological polar surface area (TPSA) is 173 Å². The van der Waals surface area contributed by atoms with Crippen LogP contribution in [0.3, 0.4) is 0 Å². The van der Waals surface area contributed by atoms with Gasteiger partial charge in [0.1, 0.15) is 30.0 Å². The summed E-state index contributed by atoms with van der Waals surface area (Å²) in [6, 6.07) is 16.5. The van der Waals surface area contributed by atoms with Crippen LogP contribution in [0.15, 0.2) is 67.0 Å². The number of hydrogen-bond acceptors (Lipinski definition) is 11. The highest BCUT2D eigenvalue weighted by atomic mass is 35.5. The molecule has 0 saturated carbocycles. The van der Waals surface area contributed by atoms with Gasteiger partial charge in [0, 0.05) is 6.42 Å². The highest BCUT2D eigenvalue weighted by molar-refractivity contribution is 7.52. The zero-order valence-corrected chi connectivity index (χ0v) is 23.5. The number of nitrogens with two attached hydrogens (primary N) is 1. The summed E-state index contributed by atoms with van der Waals surface area (Å²) in [5.41, 5.74) is 7.28. The highest BCUT2D eigenvalue weighted by Gasteiger charge is 2.39. The number of ether oxygens (including phenoxy) is 2. The lowest BCUT2D eigenvalue weighted by Gasteiger charge is -2.24. The number of nitrogens with one attached hydrogen (secondary N) is 1. The van der Waals surface area contributed by atoms with Crippen LogP contribution in [0, 0.1) is 0 Å². The number of aliphatic hydroxyl groups excluding tert-OH is 1. The second kappa shape index (κ2) is 12.5. The molecule has 1 unspecified atom stereocenters. The number of halogens is 1. The molecule has 0 spiro atoms. The van der Waals surface area contributed by atoms with Gasteiger partial charge in [0.05, 0.1) is 19.0 Å². The van der Waals surface area contributed by atoms with Crippen molar-refractivity contribution in [2.75, 3.05) is 12.3 Å². The van der Waals surface area contributed by atoms with Gasteiger partial charge in [-0.15, -0.1) is 0 Å².